The molecule has 0 unspecified atom stereocenters. The molecule has 0 saturated carbocycles. The minimum Gasteiger partial charge on any atom is -0.212 e. The third-order valence-electron chi connectivity index (χ3n) is 3.64. The molecule has 0 aliphatic rings. The maximum atomic E-state index is 12.0. The largest absolute Gasteiger partial charge is 0.341 e. The summed E-state index contributed by atoms with van der Waals surface area (Å²) < 4.78 is 24.1. The highest BCUT2D eigenvalue weighted by molar-refractivity contribution is 8.73. The average molecular weight is 460 g/mol. The van der Waals surface area contributed by atoms with E-state index < -0.39 is 14.9 Å². The van der Waals surface area contributed by atoms with Gasteiger partial charge in [-0.15, -0.1) is 33.2 Å². The molecule has 0 bridgehead atoms. The lowest BCUT2D eigenvalue weighted by Gasteiger charge is -2.06. The summed E-state index contributed by atoms with van der Waals surface area (Å²) in [5.74, 6) is 0. The van der Waals surface area contributed by atoms with Crippen molar-refractivity contribution in [2.24, 2.45) is 0 Å². The number of hydrogen-bond donors (Lipinski definition) is 0. The summed E-state index contributed by atoms with van der Waals surface area (Å²) in [5, 5.41) is 1.68. The minimum atomic E-state index is -3.28. The number of rotatable bonds is 13. The van der Waals surface area contributed by atoms with E-state index in [2.05, 4.69) is 0 Å². The molecule has 1 aromatic rings. The summed E-state index contributed by atoms with van der Waals surface area (Å²) in [5.41, 5.74) is 0. The smallest absolute Gasteiger partial charge is 0.212 e. The highest BCUT2D eigenvalue weighted by Gasteiger charge is 2.23. The van der Waals surface area contributed by atoms with E-state index in [-0.39, 0.29) is 0 Å². The Hall–Kier alpha value is 0.347. The van der Waals surface area contributed by atoms with Crippen LogP contribution in [0.25, 0.3) is 0 Å². The normalized spacial score (nSPS) is 12.8. The van der Waals surface area contributed by atoms with Crippen LogP contribution in [0.1, 0.15) is 51.4 Å². The number of halogens is 3. The van der Waals surface area contributed by atoms with Gasteiger partial charge in [0.1, 0.15) is 0 Å². The standard InChI is InChI=1S/C17H25Cl3O2S2Si/c18-25(19,20)16-12-7-5-3-1-2-4-6-11-15-23-24(21,22)17-13-9-8-10-14-17/h8-11,13-15H,1-7,12,16H2. The van der Waals surface area contributed by atoms with Crippen LogP contribution in [0.4, 0.5) is 0 Å². The molecule has 0 N–H and O–H groups in total. The molecule has 1 rings (SSSR count). The van der Waals surface area contributed by atoms with Crippen molar-refractivity contribution >= 4 is 58.9 Å². The van der Waals surface area contributed by atoms with Gasteiger partial charge in [-0.3, -0.25) is 0 Å². The lowest BCUT2D eigenvalue weighted by atomic mass is 10.1. The molecule has 0 fully saturated rings. The molecule has 0 aliphatic carbocycles. The molecule has 8 heteroatoms. The van der Waals surface area contributed by atoms with Crippen molar-refractivity contribution < 1.29 is 8.42 Å². The SMILES string of the molecule is O=S(=O)(SC=CCCCCCCCCC[Si](Cl)(Cl)Cl)c1ccccc1. The summed E-state index contributed by atoms with van der Waals surface area (Å²) in [7, 11) is -2.40. The van der Waals surface area contributed by atoms with Gasteiger partial charge in [0, 0.05) is 10.8 Å². The number of unbranched alkanes of at least 4 members (excludes halogenated alkanes) is 7. The molecule has 0 spiro atoms. The van der Waals surface area contributed by atoms with Gasteiger partial charge in [-0.25, -0.2) is 8.42 Å². The molecule has 0 radical (unpaired) electrons. The zero-order valence-electron chi connectivity index (χ0n) is 14.2. The summed E-state index contributed by atoms with van der Waals surface area (Å²) in [4.78, 5) is 0.349. The zero-order valence-corrected chi connectivity index (χ0v) is 19.1. The van der Waals surface area contributed by atoms with Crippen LogP contribution in [-0.4, -0.2) is 14.4 Å². The molecule has 2 nitrogen and oxygen atoms in total. The van der Waals surface area contributed by atoms with E-state index in [0.717, 1.165) is 42.5 Å². The first-order chi connectivity index (χ1) is 11.8. The third kappa shape index (κ3) is 12.4. The maximum Gasteiger partial charge on any atom is 0.341 e. The lowest BCUT2D eigenvalue weighted by Crippen LogP contribution is -2.07. The van der Waals surface area contributed by atoms with Crippen molar-refractivity contribution in [2.75, 3.05) is 0 Å². The van der Waals surface area contributed by atoms with Gasteiger partial charge in [0.2, 0.25) is 8.87 Å². The van der Waals surface area contributed by atoms with E-state index in [9.17, 15) is 8.42 Å². The van der Waals surface area contributed by atoms with E-state index in [1.54, 1.807) is 29.7 Å². The molecular weight excluding hydrogens is 435 g/mol. The molecule has 0 aliphatic heterocycles. The Bertz CT molecular complexity index is 602. The molecular formula is C17H25Cl3O2S2Si. The predicted octanol–water partition coefficient (Wildman–Crippen LogP) is 7.40. The fourth-order valence-corrected chi connectivity index (χ4v) is 6.45. The number of hydrogen-bond acceptors (Lipinski definition) is 3. The van der Waals surface area contributed by atoms with Crippen LogP contribution in [-0.2, 0) is 8.87 Å². The topological polar surface area (TPSA) is 34.1 Å². The highest BCUT2D eigenvalue weighted by atomic mass is 35.8. The Morgan fingerprint density at radius 3 is 2.04 bits per heavy atom. The molecule has 25 heavy (non-hydrogen) atoms. The second kappa shape index (κ2) is 12.7. The number of benzene rings is 1. The quantitative estimate of drug-likeness (QED) is 0.133. The Morgan fingerprint density at radius 1 is 0.880 bits per heavy atom. The van der Waals surface area contributed by atoms with Gasteiger partial charge in [-0.05, 0) is 36.4 Å². The summed E-state index contributed by atoms with van der Waals surface area (Å²) >= 11 is 17.5. The van der Waals surface area contributed by atoms with Crippen molar-refractivity contribution in [3.63, 3.8) is 0 Å². The van der Waals surface area contributed by atoms with Gasteiger partial charge >= 0.3 is 6.00 Å². The maximum absolute atomic E-state index is 12.0. The van der Waals surface area contributed by atoms with Gasteiger partial charge in [0.15, 0.2) is 0 Å². The van der Waals surface area contributed by atoms with E-state index >= 15 is 0 Å². The van der Waals surface area contributed by atoms with Crippen LogP contribution in [0.5, 0.6) is 0 Å². The van der Waals surface area contributed by atoms with Gasteiger partial charge < -0.3 is 0 Å². The minimum absolute atomic E-state index is 0.349. The Kier molecular flexibility index (Phi) is 11.9. The van der Waals surface area contributed by atoms with Crippen LogP contribution >= 0.6 is 44.0 Å². The number of allylic oxidation sites excluding steroid dienone is 1. The van der Waals surface area contributed by atoms with Gasteiger partial charge in [-0.2, -0.15) is 0 Å². The molecule has 1 aromatic carbocycles. The molecule has 0 heterocycles. The predicted molar refractivity (Wildman–Crippen MR) is 115 cm³/mol. The second-order valence-corrected chi connectivity index (χ2v) is 18.9. The highest BCUT2D eigenvalue weighted by Crippen LogP contribution is 2.27. The zero-order chi connectivity index (χ0) is 18.6. The average Bonchev–Trinajstić information content (AvgIpc) is 2.55. The lowest BCUT2D eigenvalue weighted by molar-refractivity contribution is 0.592. The van der Waals surface area contributed by atoms with Gasteiger partial charge in [-0.1, -0.05) is 62.8 Å². The van der Waals surface area contributed by atoms with Crippen LogP contribution in [0.2, 0.25) is 6.04 Å². The van der Waals surface area contributed by atoms with Crippen molar-refractivity contribution in [3.8, 4) is 0 Å². The van der Waals surface area contributed by atoms with E-state index in [4.69, 9.17) is 33.2 Å². The van der Waals surface area contributed by atoms with Crippen molar-refractivity contribution in [1.82, 2.24) is 0 Å². The molecule has 0 saturated heterocycles. The van der Waals surface area contributed by atoms with E-state index in [0.29, 0.717) is 4.90 Å². The van der Waals surface area contributed by atoms with Crippen molar-refractivity contribution in [3.05, 3.63) is 41.8 Å². The molecule has 0 atom stereocenters. The Morgan fingerprint density at radius 2 is 1.44 bits per heavy atom. The van der Waals surface area contributed by atoms with E-state index in [1.807, 2.05) is 12.1 Å². The first-order valence-corrected chi connectivity index (χ1v) is 16.6. The molecule has 142 valence electrons. The fraction of sp³-hybridized carbons (Fsp3) is 0.529. The Balaban J connectivity index is 2.02. The first kappa shape index (κ1) is 23.4. The van der Waals surface area contributed by atoms with Gasteiger partial charge in [0.25, 0.3) is 0 Å². The fourth-order valence-electron chi connectivity index (χ4n) is 2.29. The summed E-state index contributed by atoms with van der Waals surface area (Å²) in [6.45, 7) is 0. The second-order valence-electron chi connectivity index (χ2n) is 5.86. The van der Waals surface area contributed by atoms with Crippen LogP contribution in [0.15, 0.2) is 46.7 Å². The van der Waals surface area contributed by atoms with Gasteiger partial charge in [0.05, 0.1) is 4.90 Å². The summed E-state index contributed by atoms with van der Waals surface area (Å²) in [6.07, 6.45) is 10.9. The van der Waals surface area contributed by atoms with Crippen LogP contribution in [0, 0.1) is 0 Å². The van der Waals surface area contributed by atoms with Crippen LogP contribution < -0.4 is 0 Å². The Labute approximate surface area is 170 Å². The van der Waals surface area contributed by atoms with Crippen molar-refractivity contribution in [2.45, 2.75) is 62.3 Å². The monoisotopic (exact) mass is 458 g/mol. The first-order valence-electron chi connectivity index (χ1n) is 8.51. The van der Waals surface area contributed by atoms with Crippen LogP contribution in [0.3, 0.4) is 0 Å². The molecule has 0 amide bonds. The van der Waals surface area contributed by atoms with E-state index in [1.165, 1.54) is 25.7 Å². The molecule has 0 aromatic heterocycles. The summed E-state index contributed by atoms with van der Waals surface area (Å²) in [6, 6.07) is 6.84. The van der Waals surface area contributed by atoms with Crippen molar-refractivity contribution in [1.29, 1.82) is 0 Å². The third-order valence-corrected chi connectivity index (χ3v) is 9.34.